The van der Waals surface area contributed by atoms with Crippen LogP contribution in [0, 0.1) is 11.8 Å². The monoisotopic (exact) mass is 387 g/mol. The van der Waals surface area contributed by atoms with Gasteiger partial charge in [0.1, 0.15) is 0 Å². The van der Waals surface area contributed by atoms with Gasteiger partial charge >= 0.3 is 0 Å². The quantitative estimate of drug-likeness (QED) is 0.818. The molecule has 0 aromatic heterocycles. The number of amides is 2. The van der Waals surface area contributed by atoms with E-state index in [4.69, 9.17) is 0 Å². The summed E-state index contributed by atoms with van der Waals surface area (Å²) in [7, 11) is 0. The number of benzene rings is 2. The van der Waals surface area contributed by atoms with Crippen molar-refractivity contribution >= 4 is 11.8 Å². The van der Waals surface area contributed by atoms with Crippen molar-refractivity contribution < 1.29 is 9.59 Å². The van der Waals surface area contributed by atoms with Gasteiger partial charge in [0.2, 0.25) is 5.91 Å². The molecule has 2 amide bonds. The van der Waals surface area contributed by atoms with Crippen LogP contribution in [0.2, 0.25) is 0 Å². The fourth-order valence-corrected chi connectivity index (χ4v) is 3.36. The summed E-state index contributed by atoms with van der Waals surface area (Å²) >= 11 is 0. The van der Waals surface area contributed by atoms with Gasteiger partial charge in [0.05, 0.1) is 6.54 Å². The maximum Gasteiger partial charge on any atom is 0.253 e. The van der Waals surface area contributed by atoms with Crippen molar-refractivity contribution in [3.05, 3.63) is 71.3 Å². The second-order valence-electron chi connectivity index (χ2n) is 7.60. The number of rotatable bonds is 4. The van der Waals surface area contributed by atoms with Crippen molar-refractivity contribution in [3.8, 4) is 11.8 Å². The molecule has 0 atom stereocenters. The summed E-state index contributed by atoms with van der Waals surface area (Å²) in [5.74, 6) is 6.39. The average Bonchev–Trinajstić information content (AvgIpc) is 3.57. The third kappa shape index (κ3) is 5.46. The third-order valence-corrected chi connectivity index (χ3v) is 5.23. The molecule has 1 saturated heterocycles. The van der Waals surface area contributed by atoms with Crippen molar-refractivity contribution in [1.82, 2.24) is 15.1 Å². The van der Waals surface area contributed by atoms with Gasteiger partial charge in [-0.2, -0.15) is 0 Å². The molecule has 0 spiro atoms. The minimum Gasteiger partial charge on any atom is -0.352 e. The topological polar surface area (TPSA) is 52.7 Å². The largest absolute Gasteiger partial charge is 0.352 e. The van der Waals surface area contributed by atoms with E-state index in [-0.39, 0.29) is 11.8 Å². The normalized spacial score (nSPS) is 16.6. The molecule has 0 unspecified atom stereocenters. The van der Waals surface area contributed by atoms with Crippen LogP contribution in [0.1, 0.15) is 34.3 Å². The number of carbonyl (C=O) groups is 2. The van der Waals surface area contributed by atoms with E-state index in [1.807, 2.05) is 59.5 Å². The number of carbonyl (C=O) groups excluding carboxylic acids is 2. The number of nitrogens with one attached hydrogen (secondary N) is 1. The standard InChI is InChI=1S/C24H25N3O2/c28-23(25-22-12-13-22)18-26-14-16-27(17-15-26)24(29)21-10-8-20(9-11-21)7-6-19-4-2-1-3-5-19/h1-5,8-11,22H,12-18H2,(H,25,28). The molecule has 29 heavy (non-hydrogen) atoms. The zero-order valence-corrected chi connectivity index (χ0v) is 16.4. The Morgan fingerprint density at radius 3 is 2.10 bits per heavy atom. The van der Waals surface area contributed by atoms with E-state index in [2.05, 4.69) is 22.1 Å². The van der Waals surface area contributed by atoms with Crippen LogP contribution in [-0.2, 0) is 4.79 Å². The first-order chi connectivity index (χ1) is 14.2. The van der Waals surface area contributed by atoms with E-state index in [1.54, 1.807) is 0 Å². The lowest BCUT2D eigenvalue weighted by molar-refractivity contribution is -0.122. The minimum atomic E-state index is 0.0367. The van der Waals surface area contributed by atoms with Gasteiger partial charge in [-0.25, -0.2) is 0 Å². The fraction of sp³-hybridized carbons (Fsp3) is 0.333. The number of piperazine rings is 1. The van der Waals surface area contributed by atoms with Crippen LogP contribution in [0.3, 0.4) is 0 Å². The maximum atomic E-state index is 12.8. The molecule has 1 aliphatic carbocycles. The summed E-state index contributed by atoms with van der Waals surface area (Å²) in [5, 5.41) is 3.01. The lowest BCUT2D eigenvalue weighted by Crippen LogP contribution is -2.51. The summed E-state index contributed by atoms with van der Waals surface area (Å²) in [6.07, 6.45) is 2.20. The molecular weight excluding hydrogens is 362 g/mol. The number of hydrogen-bond donors (Lipinski definition) is 1. The van der Waals surface area contributed by atoms with Crippen molar-refractivity contribution in [1.29, 1.82) is 0 Å². The Labute approximate surface area is 171 Å². The van der Waals surface area contributed by atoms with Gasteiger partial charge in [-0.15, -0.1) is 0 Å². The lowest BCUT2D eigenvalue weighted by Gasteiger charge is -2.34. The second-order valence-corrected chi connectivity index (χ2v) is 7.60. The Morgan fingerprint density at radius 2 is 1.48 bits per heavy atom. The minimum absolute atomic E-state index is 0.0367. The number of nitrogens with zero attached hydrogens (tertiary/aromatic N) is 2. The highest BCUT2D eigenvalue weighted by Gasteiger charge is 2.26. The predicted molar refractivity (Wildman–Crippen MR) is 112 cm³/mol. The Balaban J connectivity index is 1.28. The van der Waals surface area contributed by atoms with Crippen LogP contribution < -0.4 is 5.32 Å². The first kappa shape index (κ1) is 19.2. The van der Waals surface area contributed by atoms with E-state index in [9.17, 15) is 9.59 Å². The van der Waals surface area contributed by atoms with E-state index in [0.717, 1.165) is 37.1 Å². The molecule has 5 nitrogen and oxygen atoms in total. The van der Waals surface area contributed by atoms with E-state index >= 15 is 0 Å². The zero-order valence-electron chi connectivity index (χ0n) is 16.4. The first-order valence-electron chi connectivity index (χ1n) is 10.2. The highest BCUT2D eigenvalue weighted by atomic mass is 16.2. The maximum absolute atomic E-state index is 12.8. The summed E-state index contributed by atoms with van der Waals surface area (Å²) in [6.45, 7) is 3.17. The molecule has 1 heterocycles. The molecular formula is C24H25N3O2. The van der Waals surface area contributed by atoms with E-state index in [0.29, 0.717) is 31.2 Å². The molecule has 1 aliphatic heterocycles. The molecule has 2 aromatic carbocycles. The van der Waals surface area contributed by atoms with Gasteiger partial charge in [0.25, 0.3) is 5.91 Å². The number of hydrogen-bond acceptors (Lipinski definition) is 3. The molecule has 2 aliphatic rings. The van der Waals surface area contributed by atoms with Crippen LogP contribution in [0.4, 0.5) is 0 Å². The van der Waals surface area contributed by atoms with E-state index in [1.165, 1.54) is 0 Å². The van der Waals surface area contributed by atoms with Gasteiger partial charge in [-0.3, -0.25) is 14.5 Å². The molecule has 5 heteroatoms. The molecule has 4 rings (SSSR count). The second kappa shape index (κ2) is 8.93. The summed E-state index contributed by atoms with van der Waals surface area (Å²) < 4.78 is 0. The molecule has 148 valence electrons. The van der Waals surface area contributed by atoms with Gasteiger partial charge in [-0.1, -0.05) is 30.0 Å². The zero-order chi connectivity index (χ0) is 20.1. The Bertz CT molecular complexity index is 916. The van der Waals surface area contributed by atoms with Crippen molar-refractivity contribution in [2.24, 2.45) is 0 Å². The Kier molecular flexibility index (Phi) is 5.92. The van der Waals surface area contributed by atoms with Crippen LogP contribution in [0.15, 0.2) is 54.6 Å². The Hall–Kier alpha value is -3.10. The van der Waals surface area contributed by atoms with E-state index < -0.39 is 0 Å². The summed E-state index contributed by atoms with van der Waals surface area (Å²) in [6, 6.07) is 17.7. The SMILES string of the molecule is O=C(CN1CCN(C(=O)c2ccc(C#Cc3ccccc3)cc2)CC1)NC1CC1. The molecule has 1 saturated carbocycles. The van der Waals surface area contributed by atoms with Crippen LogP contribution >= 0.6 is 0 Å². The summed E-state index contributed by atoms with van der Waals surface area (Å²) in [5.41, 5.74) is 2.53. The lowest BCUT2D eigenvalue weighted by atomic mass is 10.1. The average molecular weight is 387 g/mol. The van der Waals surface area contributed by atoms with Crippen molar-refractivity contribution in [2.45, 2.75) is 18.9 Å². The molecule has 2 aromatic rings. The molecule has 0 radical (unpaired) electrons. The fourth-order valence-electron chi connectivity index (χ4n) is 3.36. The highest BCUT2D eigenvalue weighted by Crippen LogP contribution is 2.18. The van der Waals surface area contributed by atoms with Crippen LogP contribution in [0.25, 0.3) is 0 Å². The van der Waals surface area contributed by atoms with Gasteiger partial charge in [0, 0.05) is 48.9 Å². The van der Waals surface area contributed by atoms with Gasteiger partial charge in [-0.05, 0) is 49.2 Å². The van der Waals surface area contributed by atoms with Crippen molar-refractivity contribution in [2.75, 3.05) is 32.7 Å². The van der Waals surface area contributed by atoms with Crippen LogP contribution in [-0.4, -0.2) is 60.4 Å². The third-order valence-electron chi connectivity index (χ3n) is 5.23. The van der Waals surface area contributed by atoms with Crippen LogP contribution in [0.5, 0.6) is 0 Å². The smallest absolute Gasteiger partial charge is 0.253 e. The summed E-state index contributed by atoms with van der Waals surface area (Å²) in [4.78, 5) is 28.7. The van der Waals surface area contributed by atoms with Crippen molar-refractivity contribution in [3.63, 3.8) is 0 Å². The van der Waals surface area contributed by atoms with Gasteiger partial charge < -0.3 is 10.2 Å². The van der Waals surface area contributed by atoms with Gasteiger partial charge in [0.15, 0.2) is 0 Å². The molecule has 1 N–H and O–H groups in total. The first-order valence-corrected chi connectivity index (χ1v) is 10.2. The molecule has 2 fully saturated rings. The predicted octanol–water partition coefficient (Wildman–Crippen LogP) is 2.12. The highest BCUT2D eigenvalue weighted by molar-refractivity contribution is 5.94. The Morgan fingerprint density at radius 1 is 0.862 bits per heavy atom. The molecule has 0 bridgehead atoms.